The maximum atomic E-state index is 6.18. The highest BCUT2D eigenvalue weighted by molar-refractivity contribution is 6.31. The summed E-state index contributed by atoms with van der Waals surface area (Å²) >= 11 is 6.18. The third-order valence-corrected chi connectivity index (χ3v) is 3.68. The topological polar surface area (TPSA) is 30.5 Å². The molecule has 3 nitrogen and oxygen atoms in total. The first-order valence-corrected chi connectivity index (χ1v) is 7.75. The number of ether oxygens (including phenoxy) is 2. The summed E-state index contributed by atoms with van der Waals surface area (Å²) in [7, 11) is 1.65. The van der Waals surface area contributed by atoms with Crippen molar-refractivity contribution in [3.8, 4) is 11.5 Å². The number of hydrogen-bond acceptors (Lipinski definition) is 3. The Labute approximate surface area is 137 Å². The molecule has 1 N–H and O–H groups in total. The van der Waals surface area contributed by atoms with Crippen molar-refractivity contribution in [2.24, 2.45) is 0 Å². The Bertz CT molecular complexity index is 614. The standard InChI is InChI=1S/C18H22ClNO2/c1-13(2)20-11-14-8-6-10-17(21-3)18(14)22-12-15-7-4-5-9-16(15)19/h4-10,13,20H,11-12H2,1-3H3. The van der Waals surface area contributed by atoms with Crippen LogP contribution >= 0.6 is 11.6 Å². The molecule has 0 amide bonds. The Morgan fingerprint density at radius 1 is 1.05 bits per heavy atom. The number of nitrogens with one attached hydrogen (secondary N) is 1. The molecule has 0 unspecified atom stereocenters. The van der Waals surface area contributed by atoms with Crippen LogP contribution in [-0.2, 0) is 13.2 Å². The minimum Gasteiger partial charge on any atom is -0.493 e. The molecule has 4 heteroatoms. The van der Waals surface area contributed by atoms with E-state index in [1.54, 1.807) is 7.11 Å². The lowest BCUT2D eigenvalue weighted by molar-refractivity contribution is 0.280. The Hall–Kier alpha value is -1.71. The van der Waals surface area contributed by atoms with E-state index in [9.17, 15) is 0 Å². The van der Waals surface area contributed by atoms with Crippen LogP contribution < -0.4 is 14.8 Å². The molecule has 2 aromatic carbocycles. The van der Waals surface area contributed by atoms with Crippen LogP contribution in [0.5, 0.6) is 11.5 Å². The van der Waals surface area contributed by atoms with Crippen LogP contribution in [0.25, 0.3) is 0 Å². The lowest BCUT2D eigenvalue weighted by Gasteiger charge is -2.17. The van der Waals surface area contributed by atoms with Crippen molar-refractivity contribution in [3.63, 3.8) is 0 Å². The Balaban J connectivity index is 2.18. The van der Waals surface area contributed by atoms with Crippen molar-refractivity contribution >= 4 is 11.6 Å². The Morgan fingerprint density at radius 2 is 1.77 bits per heavy atom. The number of benzene rings is 2. The van der Waals surface area contributed by atoms with Gasteiger partial charge < -0.3 is 14.8 Å². The molecule has 2 rings (SSSR count). The van der Waals surface area contributed by atoms with Gasteiger partial charge in [0.25, 0.3) is 0 Å². The zero-order valence-corrected chi connectivity index (χ0v) is 14.0. The maximum Gasteiger partial charge on any atom is 0.166 e. The maximum absolute atomic E-state index is 6.18. The summed E-state index contributed by atoms with van der Waals surface area (Å²) in [4.78, 5) is 0. The number of halogens is 1. The molecule has 0 atom stereocenters. The molecule has 118 valence electrons. The van der Waals surface area contributed by atoms with E-state index in [0.29, 0.717) is 17.7 Å². The molecule has 2 aromatic rings. The average molecular weight is 320 g/mol. The largest absolute Gasteiger partial charge is 0.493 e. The molecule has 0 saturated carbocycles. The van der Waals surface area contributed by atoms with Gasteiger partial charge in [0.1, 0.15) is 6.61 Å². The van der Waals surface area contributed by atoms with Crippen LogP contribution in [0.15, 0.2) is 42.5 Å². The highest BCUT2D eigenvalue weighted by atomic mass is 35.5. The molecule has 22 heavy (non-hydrogen) atoms. The zero-order valence-electron chi connectivity index (χ0n) is 13.2. The average Bonchev–Trinajstić information content (AvgIpc) is 2.52. The predicted octanol–water partition coefficient (Wildman–Crippen LogP) is 4.43. The van der Waals surface area contributed by atoms with E-state index in [4.69, 9.17) is 21.1 Å². The lowest BCUT2D eigenvalue weighted by atomic mass is 10.1. The minimum absolute atomic E-state index is 0.405. The van der Waals surface area contributed by atoms with Crippen LogP contribution in [0.2, 0.25) is 5.02 Å². The van der Waals surface area contributed by atoms with Gasteiger partial charge in [0.05, 0.1) is 7.11 Å². The second-order valence-electron chi connectivity index (χ2n) is 5.36. The van der Waals surface area contributed by atoms with E-state index in [2.05, 4.69) is 19.2 Å². The fourth-order valence-electron chi connectivity index (χ4n) is 2.10. The molecule has 0 aliphatic rings. The first-order valence-electron chi connectivity index (χ1n) is 7.37. The van der Waals surface area contributed by atoms with Gasteiger partial charge in [0.2, 0.25) is 0 Å². The van der Waals surface area contributed by atoms with Gasteiger partial charge in [-0.05, 0) is 12.1 Å². The van der Waals surface area contributed by atoms with Crippen molar-refractivity contribution in [1.82, 2.24) is 5.32 Å². The van der Waals surface area contributed by atoms with E-state index in [-0.39, 0.29) is 0 Å². The fourth-order valence-corrected chi connectivity index (χ4v) is 2.29. The van der Waals surface area contributed by atoms with Gasteiger partial charge in [-0.25, -0.2) is 0 Å². The monoisotopic (exact) mass is 319 g/mol. The van der Waals surface area contributed by atoms with Gasteiger partial charge in [-0.2, -0.15) is 0 Å². The molecule has 0 radical (unpaired) electrons. The highest BCUT2D eigenvalue weighted by Crippen LogP contribution is 2.32. The van der Waals surface area contributed by atoms with Gasteiger partial charge in [-0.1, -0.05) is 55.8 Å². The van der Waals surface area contributed by atoms with Crippen molar-refractivity contribution in [3.05, 3.63) is 58.6 Å². The predicted molar refractivity (Wildman–Crippen MR) is 90.8 cm³/mol. The molecule has 0 saturated heterocycles. The van der Waals surface area contributed by atoms with Crippen LogP contribution in [0.1, 0.15) is 25.0 Å². The van der Waals surface area contributed by atoms with Gasteiger partial charge >= 0.3 is 0 Å². The first kappa shape index (κ1) is 16.7. The molecular formula is C18H22ClNO2. The summed E-state index contributed by atoms with van der Waals surface area (Å²) in [5.74, 6) is 1.49. The highest BCUT2D eigenvalue weighted by Gasteiger charge is 2.12. The molecule has 0 heterocycles. The molecule has 0 bridgehead atoms. The van der Waals surface area contributed by atoms with E-state index in [0.717, 1.165) is 29.2 Å². The summed E-state index contributed by atoms with van der Waals surface area (Å²) < 4.78 is 11.4. The summed E-state index contributed by atoms with van der Waals surface area (Å²) in [5, 5.41) is 4.11. The summed E-state index contributed by atoms with van der Waals surface area (Å²) in [5.41, 5.74) is 2.03. The first-order chi connectivity index (χ1) is 10.6. The van der Waals surface area contributed by atoms with E-state index < -0.39 is 0 Å². The SMILES string of the molecule is COc1cccc(CNC(C)C)c1OCc1ccccc1Cl. The normalized spacial score (nSPS) is 10.8. The molecule has 0 spiro atoms. The number of methoxy groups -OCH3 is 1. The molecule has 0 fully saturated rings. The summed E-state index contributed by atoms with van der Waals surface area (Å²) in [6, 6.07) is 14.0. The molecule has 0 aliphatic heterocycles. The zero-order chi connectivity index (χ0) is 15.9. The van der Waals surface area contributed by atoms with Gasteiger partial charge in [0, 0.05) is 28.7 Å². The van der Waals surface area contributed by atoms with Crippen molar-refractivity contribution in [2.75, 3.05) is 7.11 Å². The molecule has 0 aliphatic carbocycles. The smallest absolute Gasteiger partial charge is 0.166 e. The van der Waals surface area contributed by atoms with E-state index in [1.165, 1.54) is 0 Å². The van der Waals surface area contributed by atoms with Gasteiger partial charge in [-0.3, -0.25) is 0 Å². The second-order valence-corrected chi connectivity index (χ2v) is 5.77. The molecule has 0 aromatic heterocycles. The summed E-state index contributed by atoms with van der Waals surface area (Å²) in [6.07, 6.45) is 0. The Kier molecular flexibility index (Phi) is 6.10. The van der Waals surface area contributed by atoms with Crippen LogP contribution in [0.3, 0.4) is 0 Å². The summed E-state index contributed by atoms with van der Waals surface area (Å²) in [6.45, 7) is 5.37. The van der Waals surface area contributed by atoms with Crippen LogP contribution in [0, 0.1) is 0 Å². The van der Waals surface area contributed by atoms with Crippen molar-refractivity contribution in [2.45, 2.75) is 33.0 Å². The van der Waals surface area contributed by atoms with Crippen molar-refractivity contribution < 1.29 is 9.47 Å². The number of para-hydroxylation sites is 1. The van der Waals surface area contributed by atoms with Gasteiger partial charge in [0.15, 0.2) is 11.5 Å². The third kappa shape index (κ3) is 4.39. The van der Waals surface area contributed by atoms with Crippen LogP contribution in [-0.4, -0.2) is 13.2 Å². The van der Waals surface area contributed by atoms with Crippen molar-refractivity contribution in [1.29, 1.82) is 0 Å². The quantitative estimate of drug-likeness (QED) is 0.819. The second kappa shape index (κ2) is 8.06. The fraction of sp³-hybridized carbons (Fsp3) is 0.333. The minimum atomic E-state index is 0.405. The van der Waals surface area contributed by atoms with Gasteiger partial charge in [-0.15, -0.1) is 0 Å². The lowest BCUT2D eigenvalue weighted by Crippen LogP contribution is -2.22. The third-order valence-electron chi connectivity index (χ3n) is 3.31. The number of rotatable bonds is 7. The van der Waals surface area contributed by atoms with E-state index >= 15 is 0 Å². The molecular weight excluding hydrogens is 298 g/mol. The van der Waals surface area contributed by atoms with E-state index in [1.807, 2.05) is 42.5 Å². The Morgan fingerprint density at radius 3 is 2.45 bits per heavy atom. The number of hydrogen-bond donors (Lipinski definition) is 1. The van der Waals surface area contributed by atoms with Crippen LogP contribution in [0.4, 0.5) is 0 Å².